The van der Waals surface area contributed by atoms with Gasteiger partial charge < -0.3 is 0 Å². The van der Waals surface area contributed by atoms with E-state index in [1.807, 2.05) is 0 Å². The first-order valence-electron chi connectivity index (χ1n) is 10.7. The molecule has 0 radical (unpaired) electrons. The highest BCUT2D eigenvalue weighted by Crippen LogP contribution is 2.56. The van der Waals surface area contributed by atoms with Gasteiger partial charge in [-0.15, -0.1) is 0 Å². The molecule has 0 saturated carbocycles. The Morgan fingerprint density at radius 2 is 1.30 bits per heavy atom. The van der Waals surface area contributed by atoms with Crippen LogP contribution in [0.4, 0.5) is 0 Å². The monoisotopic (exact) mass is 384 g/mol. The fourth-order valence-electron chi connectivity index (χ4n) is 5.51. The van der Waals surface area contributed by atoms with Crippen LogP contribution in [0.1, 0.15) is 30.5 Å². The number of hydrogen-bond acceptors (Lipinski definition) is 0. The first-order chi connectivity index (χ1) is 14.6. The third kappa shape index (κ3) is 2.28. The minimum atomic E-state index is -0.0577. The summed E-state index contributed by atoms with van der Waals surface area (Å²) in [6.07, 6.45) is 0. The van der Waals surface area contributed by atoms with E-state index in [0.29, 0.717) is 0 Å². The van der Waals surface area contributed by atoms with Gasteiger partial charge in [-0.25, -0.2) is 0 Å². The SMILES string of the molecule is Cc1cccc(-c2c3c(cc4ccccc24)-c2c(ccc4ccccc24)C3(C)C)c1. The first kappa shape index (κ1) is 17.5. The maximum Gasteiger partial charge on any atom is 0.0165 e. The van der Waals surface area contributed by atoms with Gasteiger partial charge in [0, 0.05) is 5.41 Å². The second kappa shape index (κ2) is 6.06. The summed E-state index contributed by atoms with van der Waals surface area (Å²) in [4.78, 5) is 0. The third-order valence-electron chi connectivity index (χ3n) is 6.85. The molecule has 144 valence electrons. The molecule has 5 aromatic rings. The van der Waals surface area contributed by atoms with Crippen molar-refractivity contribution < 1.29 is 0 Å². The van der Waals surface area contributed by atoms with E-state index in [1.165, 1.54) is 60.5 Å². The topological polar surface area (TPSA) is 0 Å². The van der Waals surface area contributed by atoms with Crippen LogP contribution in [0.2, 0.25) is 0 Å². The molecule has 0 bridgehead atoms. The summed E-state index contributed by atoms with van der Waals surface area (Å²) >= 11 is 0. The van der Waals surface area contributed by atoms with E-state index in [4.69, 9.17) is 0 Å². The molecule has 0 fully saturated rings. The molecule has 0 amide bonds. The van der Waals surface area contributed by atoms with Crippen molar-refractivity contribution in [1.29, 1.82) is 0 Å². The second-order valence-corrected chi connectivity index (χ2v) is 9.10. The van der Waals surface area contributed by atoms with Crippen molar-refractivity contribution in [2.75, 3.05) is 0 Å². The van der Waals surface area contributed by atoms with Crippen molar-refractivity contribution in [2.24, 2.45) is 0 Å². The number of fused-ring (bicyclic) bond motifs is 6. The number of aryl methyl sites for hydroxylation is 1. The Morgan fingerprint density at radius 1 is 0.600 bits per heavy atom. The summed E-state index contributed by atoms with van der Waals surface area (Å²) in [5, 5.41) is 5.31. The van der Waals surface area contributed by atoms with Crippen LogP contribution in [0.3, 0.4) is 0 Å². The van der Waals surface area contributed by atoms with Crippen molar-refractivity contribution >= 4 is 21.5 Å². The zero-order valence-corrected chi connectivity index (χ0v) is 17.7. The molecular weight excluding hydrogens is 360 g/mol. The van der Waals surface area contributed by atoms with Gasteiger partial charge in [-0.1, -0.05) is 104 Å². The molecule has 0 atom stereocenters. The highest BCUT2D eigenvalue weighted by atomic mass is 14.4. The molecule has 0 nitrogen and oxygen atoms in total. The molecule has 0 saturated heterocycles. The summed E-state index contributed by atoms with van der Waals surface area (Å²) in [7, 11) is 0. The van der Waals surface area contributed by atoms with Crippen molar-refractivity contribution in [2.45, 2.75) is 26.2 Å². The van der Waals surface area contributed by atoms with Crippen LogP contribution >= 0.6 is 0 Å². The van der Waals surface area contributed by atoms with Crippen molar-refractivity contribution in [1.82, 2.24) is 0 Å². The lowest BCUT2D eigenvalue weighted by Crippen LogP contribution is -2.16. The first-order valence-corrected chi connectivity index (χ1v) is 10.7. The standard InChI is InChI=1S/C30H24/c1-19-9-8-12-22(17-19)27-24-14-7-5-11-21(24)18-25-28-23-13-6-4-10-20(23)15-16-26(28)30(2,3)29(25)27/h4-18H,1-3H3. The molecule has 30 heavy (non-hydrogen) atoms. The average Bonchev–Trinajstić information content (AvgIpc) is 2.99. The Morgan fingerprint density at radius 3 is 2.07 bits per heavy atom. The highest BCUT2D eigenvalue weighted by molar-refractivity contribution is 6.10. The van der Waals surface area contributed by atoms with Crippen LogP contribution < -0.4 is 0 Å². The molecule has 0 aliphatic heterocycles. The number of hydrogen-bond donors (Lipinski definition) is 0. The molecule has 0 N–H and O–H groups in total. The summed E-state index contributed by atoms with van der Waals surface area (Å²) in [6, 6.07) is 33.7. The molecule has 0 heteroatoms. The van der Waals surface area contributed by atoms with Crippen LogP contribution in [0, 0.1) is 6.92 Å². The van der Waals surface area contributed by atoms with Crippen molar-refractivity contribution in [3.8, 4) is 22.3 Å². The maximum atomic E-state index is 2.42. The summed E-state index contributed by atoms with van der Waals surface area (Å²) in [6.45, 7) is 6.96. The van der Waals surface area contributed by atoms with Gasteiger partial charge in [-0.2, -0.15) is 0 Å². The Kier molecular flexibility index (Phi) is 3.53. The molecule has 1 aliphatic rings. The van der Waals surface area contributed by atoms with Crippen LogP contribution in [0.5, 0.6) is 0 Å². The summed E-state index contributed by atoms with van der Waals surface area (Å²) in [5.41, 5.74) is 9.63. The molecule has 6 rings (SSSR count). The van der Waals surface area contributed by atoms with Crippen LogP contribution in [-0.4, -0.2) is 0 Å². The van der Waals surface area contributed by atoms with Crippen molar-refractivity contribution in [3.05, 3.63) is 108 Å². The van der Waals surface area contributed by atoms with Gasteiger partial charge in [0.2, 0.25) is 0 Å². The Labute approximate surface area is 177 Å². The van der Waals surface area contributed by atoms with Gasteiger partial charge in [0.15, 0.2) is 0 Å². The predicted octanol–water partition coefficient (Wildman–Crippen LogP) is 8.27. The quantitative estimate of drug-likeness (QED) is 0.273. The Balaban J connectivity index is 1.84. The molecule has 0 aromatic heterocycles. The van der Waals surface area contributed by atoms with Gasteiger partial charge >= 0.3 is 0 Å². The second-order valence-electron chi connectivity index (χ2n) is 9.10. The van der Waals surface area contributed by atoms with Gasteiger partial charge in [0.1, 0.15) is 0 Å². The van der Waals surface area contributed by atoms with Gasteiger partial charge in [-0.05, 0) is 67.9 Å². The minimum Gasteiger partial charge on any atom is -0.0616 e. The predicted molar refractivity (Wildman–Crippen MR) is 129 cm³/mol. The van der Waals surface area contributed by atoms with E-state index in [2.05, 4.69) is 112 Å². The zero-order chi connectivity index (χ0) is 20.5. The fourth-order valence-corrected chi connectivity index (χ4v) is 5.51. The summed E-state index contributed by atoms with van der Waals surface area (Å²) in [5.74, 6) is 0. The Hall–Kier alpha value is -3.38. The van der Waals surface area contributed by atoms with E-state index in [-0.39, 0.29) is 5.41 Å². The lowest BCUT2D eigenvalue weighted by atomic mass is 9.77. The van der Waals surface area contributed by atoms with Crippen molar-refractivity contribution in [3.63, 3.8) is 0 Å². The molecule has 0 spiro atoms. The van der Waals surface area contributed by atoms with Gasteiger partial charge in [0.25, 0.3) is 0 Å². The van der Waals surface area contributed by atoms with Crippen LogP contribution in [-0.2, 0) is 5.41 Å². The third-order valence-corrected chi connectivity index (χ3v) is 6.85. The minimum absolute atomic E-state index is 0.0577. The fraction of sp³-hybridized carbons (Fsp3) is 0.133. The molecule has 1 aliphatic carbocycles. The molecule has 0 unspecified atom stereocenters. The lowest BCUT2D eigenvalue weighted by molar-refractivity contribution is 0.663. The van der Waals surface area contributed by atoms with Gasteiger partial charge in [0.05, 0.1) is 0 Å². The summed E-state index contributed by atoms with van der Waals surface area (Å²) < 4.78 is 0. The molecular formula is C30H24. The van der Waals surface area contributed by atoms with Crippen LogP contribution in [0.25, 0.3) is 43.8 Å². The lowest BCUT2D eigenvalue weighted by Gasteiger charge is -2.26. The van der Waals surface area contributed by atoms with E-state index in [0.717, 1.165) is 0 Å². The molecule has 5 aromatic carbocycles. The zero-order valence-electron chi connectivity index (χ0n) is 17.7. The highest BCUT2D eigenvalue weighted by Gasteiger charge is 2.39. The van der Waals surface area contributed by atoms with E-state index < -0.39 is 0 Å². The van der Waals surface area contributed by atoms with Crippen LogP contribution in [0.15, 0.2) is 91.0 Å². The average molecular weight is 385 g/mol. The smallest absolute Gasteiger partial charge is 0.0165 e. The number of rotatable bonds is 1. The Bertz CT molecular complexity index is 1470. The maximum absolute atomic E-state index is 2.42. The normalized spacial score (nSPS) is 14.1. The number of benzene rings is 5. The van der Waals surface area contributed by atoms with E-state index in [9.17, 15) is 0 Å². The van der Waals surface area contributed by atoms with E-state index in [1.54, 1.807) is 0 Å². The molecule has 0 heterocycles. The van der Waals surface area contributed by atoms with Gasteiger partial charge in [-0.3, -0.25) is 0 Å². The van der Waals surface area contributed by atoms with E-state index >= 15 is 0 Å². The largest absolute Gasteiger partial charge is 0.0616 e.